The molecule has 3 N–H and O–H groups in total. The maximum atomic E-state index is 11.6. The molecule has 0 radical (unpaired) electrons. The highest BCUT2D eigenvalue weighted by molar-refractivity contribution is 5.89. The maximum absolute atomic E-state index is 11.6. The van der Waals surface area contributed by atoms with E-state index in [9.17, 15) is 9.59 Å². The monoisotopic (exact) mass is 229 g/mol. The van der Waals surface area contributed by atoms with Crippen molar-refractivity contribution in [2.24, 2.45) is 11.7 Å². The fraction of sp³-hybridized carbons (Fsp3) is 0.818. The molecular formula is C11H23N3O2. The van der Waals surface area contributed by atoms with Crippen molar-refractivity contribution in [1.82, 2.24) is 10.2 Å². The Morgan fingerprint density at radius 2 is 1.75 bits per heavy atom. The normalized spacial score (nSPS) is 14.4. The second kappa shape index (κ2) is 6.48. The number of nitrogens with two attached hydrogens (primary N) is 1. The summed E-state index contributed by atoms with van der Waals surface area (Å²) in [7, 11) is 3.30. The molecule has 16 heavy (non-hydrogen) atoms. The SMILES string of the molecule is CC(C)CC(N)C(=O)NC(C)C(=O)N(C)C. The maximum Gasteiger partial charge on any atom is 0.244 e. The second-order valence-electron chi connectivity index (χ2n) is 4.70. The van der Waals surface area contributed by atoms with Gasteiger partial charge in [-0.25, -0.2) is 0 Å². The summed E-state index contributed by atoms with van der Waals surface area (Å²) in [6.45, 7) is 5.66. The number of carbonyl (C=O) groups is 2. The molecule has 0 aromatic rings. The predicted molar refractivity (Wildman–Crippen MR) is 63.7 cm³/mol. The van der Waals surface area contributed by atoms with Gasteiger partial charge in [-0.3, -0.25) is 9.59 Å². The molecular weight excluding hydrogens is 206 g/mol. The van der Waals surface area contributed by atoms with Gasteiger partial charge in [0.2, 0.25) is 11.8 Å². The molecule has 0 heterocycles. The summed E-state index contributed by atoms with van der Waals surface area (Å²) in [5, 5.41) is 2.61. The van der Waals surface area contributed by atoms with Crippen molar-refractivity contribution in [3.05, 3.63) is 0 Å². The third-order valence-electron chi connectivity index (χ3n) is 2.23. The van der Waals surface area contributed by atoms with Gasteiger partial charge in [-0.05, 0) is 19.3 Å². The Hall–Kier alpha value is -1.10. The molecule has 0 spiro atoms. The number of nitrogens with one attached hydrogen (secondary N) is 1. The molecule has 2 amide bonds. The van der Waals surface area contributed by atoms with E-state index < -0.39 is 12.1 Å². The molecule has 0 aliphatic carbocycles. The van der Waals surface area contributed by atoms with E-state index in [1.807, 2.05) is 13.8 Å². The quantitative estimate of drug-likeness (QED) is 0.694. The van der Waals surface area contributed by atoms with Gasteiger partial charge in [-0.2, -0.15) is 0 Å². The van der Waals surface area contributed by atoms with Crippen molar-refractivity contribution in [2.75, 3.05) is 14.1 Å². The third kappa shape index (κ3) is 5.11. The largest absolute Gasteiger partial charge is 0.347 e. The predicted octanol–water partition coefficient (Wildman–Crippen LogP) is -0.0473. The van der Waals surface area contributed by atoms with Crippen molar-refractivity contribution in [3.8, 4) is 0 Å². The highest BCUT2D eigenvalue weighted by Gasteiger charge is 2.21. The Balaban J connectivity index is 4.18. The molecule has 0 aliphatic rings. The molecule has 0 fully saturated rings. The first kappa shape index (κ1) is 14.9. The zero-order valence-electron chi connectivity index (χ0n) is 10.8. The molecule has 0 saturated heterocycles. The average molecular weight is 229 g/mol. The fourth-order valence-electron chi connectivity index (χ4n) is 1.38. The van der Waals surface area contributed by atoms with E-state index in [4.69, 9.17) is 5.73 Å². The van der Waals surface area contributed by atoms with Gasteiger partial charge >= 0.3 is 0 Å². The summed E-state index contributed by atoms with van der Waals surface area (Å²) in [5.41, 5.74) is 5.71. The molecule has 0 saturated carbocycles. The molecule has 0 aliphatic heterocycles. The molecule has 2 unspecified atom stereocenters. The van der Waals surface area contributed by atoms with E-state index in [0.29, 0.717) is 12.3 Å². The van der Waals surface area contributed by atoms with Crippen molar-refractivity contribution in [1.29, 1.82) is 0 Å². The summed E-state index contributed by atoms with van der Waals surface area (Å²) in [5.74, 6) is -0.0397. The zero-order chi connectivity index (χ0) is 12.9. The Bertz CT molecular complexity index is 252. The van der Waals surface area contributed by atoms with Crippen LogP contribution in [0, 0.1) is 5.92 Å². The van der Waals surface area contributed by atoms with Gasteiger partial charge < -0.3 is 16.0 Å². The first-order valence-corrected chi connectivity index (χ1v) is 5.52. The number of hydrogen-bond acceptors (Lipinski definition) is 3. The van der Waals surface area contributed by atoms with Crippen LogP contribution in [-0.2, 0) is 9.59 Å². The summed E-state index contributed by atoms with van der Waals surface area (Å²) in [6, 6.07) is -1.07. The Morgan fingerprint density at radius 3 is 2.12 bits per heavy atom. The van der Waals surface area contributed by atoms with Gasteiger partial charge in [0.05, 0.1) is 6.04 Å². The molecule has 5 nitrogen and oxygen atoms in total. The lowest BCUT2D eigenvalue weighted by Gasteiger charge is -2.20. The summed E-state index contributed by atoms with van der Waals surface area (Å²) < 4.78 is 0. The number of likely N-dealkylation sites (N-methyl/N-ethyl adjacent to an activating group) is 1. The van der Waals surface area contributed by atoms with Crippen LogP contribution in [0.25, 0.3) is 0 Å². The van der Waals surface area contributed by atoms with Crippen LogP contribution in [0.15, 0.2) is 0 Å². The van der Waals surface area contributed by atoms with Crippen LogP contribution >= 0.6 is 0 Å². The molecule has 94 valence electrons. The number of carbonyl (C=O) groups excluding carboxylic acids is 2. The highest BCUT2D eigenvalue weighted by Crippen LogP contribution is 2.03. The Labute approximate surface area is 97.4 Å². The van der Waals surface area contributed by atoms with Gasteiger partial charge in [0.1, 0.15) is 6.04 Å². The Kier molecular flexibility index (Phi) is 6.03. The lowest BCUT2D eigenvalue weighted by molar-refractivity contribution is -0.134. The summed E-state index contributed by atoms with van der Waals surface area (Å²) in [6.07, 6.45) is 0.620. The van der Waals surface area contributed by atoms with Gasteiger partial charge in [-0.1, -0.05) is 13.8 Å². The molecule has 2 atom stereocenters. The first-order chi connectivity index (χ1) is 7.25. The van der Waals surface area contributed by atoms with Crippen molar-refractivity contribution in [2.45, 2.75) is 39.3 Å². The topological polar surface area (TPSA) is 75.4 Å². The molecule has 0 bridgehead atoms. The average Bonchev–Trinajstić information content (AvgIpc) is 2.14. The van der Waals surface area contributed by atoms with Crippen LogP contribution in [0.1, 0.15) is 27.2 Å². The van der Waals surface area contributed by atoms with Crippen molar-refractivity contribution < 1.29 is 9.59 Å². The van der Waals surface area contributed by atoms with Crippen molar-refractivity contribution >= 4 is 11.8 Å². The molecule has 0 aromatic heterocycles. The molecule has 0 aromatic carbocycles. The van der Waals surface area contributed by atoms with Crippen LogP contribution in [-0.4, -0.2) is 42.9 Å². The third-order valence-corrected chi connectivity index (χ3v) is 2.23. The number of amides is 2. The van der Waals surface area contributed by atoms with E-state index >= 15 is 0 Å². The van der Waals surface area contributed by atoms with Crippen LogP contribution in [0.5, 0.6) is 0 Å². The van der Waals surface area contributed by atoms with Gasteiger partial charge in [0.15, 0.2) is 0 Å². The molecule has 0 rings (SSSR count). The second-order valence-corrected chi connectivity index (χ2v) is 4.70. The van der Waals surface area contributed by atoms with E-state index in [1.54, 1.807) is 21.0 Å². The summed E-state index contributed by atoms with van der Waals surface area (Å²) >= 11 is 0. The first-order valence-electron chi connectivity index (χ1n) is 5.52. The van der Waals surface area contributed by atoms with Crippen LogP contribution in [0.3, 0.4) is 0 Å². The van der Waals surface area contributed by atoms with Crippen molar-refractivity contribution in [3.63, 3.8) is 0 Å². The highest BCUT2D eigenvalue weighted by atomic mass is 16.2. The van der Waals surface area contributed by atoms with Gasteiger partial charge in [0.25, 0.3) is 0 Å². The smallest absolute Gasteiger partial charge is 0.244 e. The van der Waals surface area contributed by atoms with E-state index in [0.717, 1.165) is 0 Å². The zero-order valence-corrected chi connectivity index (χ0v) is 10.8. The van der Waals surface area contributed by atoms with Gasteiger partial charge in [-0.15, -0.1) is 0 Å². The van der Waals surface area contributed by atoms with Crippen LogP contribution < -0.4 is 11.1 Å². The summed E-state index contributed by atoms with van der Waals surface area (Å²) in [4.78, 5) is 24.5. The van der Waals surface area contributed by atoms with Crippen LogP contribution in [0.4, 0.5) is 0 Å². The number of hydrogen-bond donors (Lipinski definition) is 2. The minimum atomic E-state index is -0.544. The van der Waals surface area contributed by atoms with E-state index in [-0.39, 0.29) is 11.8 Å². The standard InChI is InChI=1S/C11H23N3O2/c1-7(2)6-9(12)10(15)13-8(3)11(16)14(4)5/h7-9H,6,12H2,1-5H3,(H,13,15). The van der Waals surface area contributed by atoms with Gasteiger partial charge in [0, 0.05) is 14.1 Å². The lowest BCUT2D eigenvalue weighted by atomic mass is 10.0. The van der Waals surface area contributed by atoms with E-state index in [2.05, 4.69) is 5.32 Å². The van der Waals surface area contributed by atoms with Crippen LogP contribution in [0.2, 0.25) is 0 Å². The minimum Gasteiger partial charge on any atom is -0.347 e. The minimum absolute atomic E-state index is 0.134. The Morgan fingerprint density at radius 1 is 1.25 bits per heavy atom. The van der Waals surface area contributed by atoms with E-state index in [1.165, 1.54) is 4.90 Å². The fourth-order valence-corrected chi connectivity index (χ4v) is 1.38. The lowest BCUT2D eigenvalue weighted by Crippen LogP contribution is -2.50. The number of nitrogens with zero attached hydrogens (tertiary/aromatic N) is 1. The molecule has 5 heteroatoms. The number of rotatable bonds is 5.